The number of benzene rings is 1. The van der Waals surface area contributed by atoms with Gasteiger partial charge in [-0.2, -0.15) is 0 Å². The van der Waals surface area contributed by atoms with Crippen molar-refractivity contribution in [3.8, 4) is 5.69 Å². The van der Waals surface area contributed by atoms with Crippen molar-refractivity contribution in [3.05, 3.63) is 40.9 Å². The highest BCUT2D eigenvalue weighted by Gasteiger charge is 2.17. The Kier molecular flexibility index (Phi) is 4.70. The highest BCUT2D eigenvalue weighted by atomic mass is 35.5. The van der Waals surface area contributed by atoms with Crippen LogP contribution >= 0.6 is 11.6 Å². The lowest BCUT2D eigenvalue weighted by atomic mass is 10.3. The van der Waals surface area contributed by atoms with Crippen molar-refractivity contribution < 1.29 is 9.63 Å². The van der Waals surface area contributed by atoms with Gasteiger partial charge in [-0.3, -0.25) is 9.63 Å². The van der Waals surface area contributed by atoms with E-state index in [2.05, 4.69) is 15.6 Å². The van der Waals surface area contributed by atoms with Crippen LogP contribution in [0.25, 0.3) is 5.69 Å². The predicted molar refractivity (Wildman–Crippen MR) is 74.8 cm³/mol. The molecule has 2 aromatic rings. The van der Waals surface area contributed by atoms with Crippen molar-refractivity contribution in [2.45, 2.75) is 20.3 Å². The quantitative estimate of drug-likeness (QED) is 0.858. The summed E-state index contributed by atoms with van der Waals surface area (Å²) in [4.78, 5) is 20.8. The van der Waals surface area contributed by atoms with Crippen molar-refractivity contribution in [1.29, 1.82) is 0 Å². The molecular formula is C13H15ClN4O2. The van der Waals surface area contributed by atoms with Crippen LogP contribution in [0.4, 0.5) is 0 Å². The summed E-state index contributed by atoms with van der Waals surface area (Å²) in [6, 6.07) is 7.26. The van der Waals surface area contributed by atoms with Crippen molar-refractivity contribution in [2.75, 3.05) is 6.61 Å². The molecule has 1 aromatic heterocycles. The molecule has 1 heterocycles. The van der Waals surface area contributed by atoms with Crippen molar-refractivity contribution >= 4 is 17.5 Å². The van der Waals surface area contributed by atoms with E-state index in [1.54, 1.807) is 17.7 Å². The normalized spacial score (nSPS) is 10.6. The van der Waals surface area contributed by atoms with Crippen LogP contribution in [-0.2, 0) is 11.3 Å². The number of nitrogens with one attached hydrogen (secondary N) is 1. The van der Waals surface area contributed by atoms with Gasteiger partial charge in [-0.1, -0.05) is 30.7 Å². The van der Waals surface area contributed by atoms with E-state index in [4.69, 9.17) is 16.4 Å². The minimum Gasteiger partial charge on any atom is -0.274 e. The van der Waals surface area contributed by atoms with E-state index in [9.17, 15) is 4.79 Å². The van der Waals surface area contributed by atoms with Crippen molar-refractivity contribution in [1.82, 2.24) is 20.2 Å². The van der Waals surface area contributed by atoms with Gasteiger partial charge in [-0.25, -0.2) is 15.1 Å². The van der Waals surface area contributed by atoms with E-state index < -0.39 is 5.91 Å². The molecule has 0 atom stereocenters. The molecule has 0 radical (unpaired) electrons. The third kappa shape index (κ3) is 2.97. The molecule has 0 aliphatic rings. The monoisotopic (exact) mass is 294 g/mol. The Bertz CT molecular complexity index is 612. The lowest BCUT2D eigenvalue weighted by Gasteiger charge is -2.05. The summed E-state index contributed by atoms with van der Waals surface area (Å²) >= 11 is 6.15. The smallest absolute Gasteiger partial charge is 0.274 e. The van der Waals surface area contributed by atoms with E-state index in [-0.39, 0.29) is 5.82 Å². The fourth-order valence-electron chi connectivity index (χ4n) is 1.67. The van der Waals surface area contributed by atoms with Gasteiger partial charge in [0.05, 0.1) is 17.3 Å². The minimum atomic E-state index is -0.479. The molecule has 1 aromatic carbocycles. The van der Waals surface area contributed by atoms with E-state index in [1.165, 1.54) is 0 Å². The van der Waals surface area contributed by atoms with E-state index in [0.29, 0.717) is 29.6 Å². The summed E-state index contributed by atoms with van der Waals surface area (Å²) < 4.78 is 1.57. The summed E-state index contributed by atoms with van der Waals surface area (Å²) in [6.45, 7) is 4.08. The topological polar surface area (TPSA) is 69.0 Å². The fraction of sp³-hybridized carbons (Fsp3) is 0.308. The molecule has 0 aliphatic heterocycles. The summed E-state index contributed by atoms with van der Waals surface area (Å²) in [5.41, 5.74) is 2.96. The minimum absolute atomic E-state index is 0.0511. The molecular weight excluding hydrogens is 280 g/mol. The number of carbonyl (C=O) groups is 1. The summed E-state index contributed by atoms with van der Waals surface area (Å²) in [7, 11) is 0. The van der Waals surface area contributed by atoms with Crippen LogP contribution in [0.1, 0.15) is 30.3 Å². The third-order valence-corrected chi connectivity index (χ3v) is 2.90. The first-order valence-electron chi connectivity index (χ1n) is 6.30. The number of rotatable bonds is 5. The zero-order valence-corrected chi connectivity index (χ0v) is 12.0. The summed E-state index contributed by atoms with van der Waals surface area (Å²) in [6.07, 6.45) is 0.625. The molecule has 0 saturated heterocycles. The lowest BCUT2D eigenvalue weighted by molar-refractivity contribution is 0.0355. The van der Waals surface area contributed by atoms with Gasteiger partial charge in [0, 0.05) is 6.42 Å². The van der Waals surface area contributed by atoms with Crippen LogP contribution in [0, 0.1) is 0 Å². The van der Waals surface area contributed by atoms with Crippen LogP contribution in [0.5, 0.6) is 0 Å². The molecule has 2 rings (SSSR count). The standard InChI is InChI=1S/C13H15ClN4O2/c1-3-11-15-12(13(19)17-20-4-2)16-18(11)10-8-6-5-7-9(10)14/h5-8H,3-4H2,1-2H3,(H,17,19). The summed E-state index contributed by atoms with van der Waals surface area (Å²) in [5, 5.41) is 4.74. The van der Waals surface area contributed by atoms with Gasteiger partial charge in [0.2, 0.25) is 5.82 Å². The highest BCUT2D eigenvalue weighted by molar-refractivity contribution is 6.32. The number of amides is 1. The Balaban J connectivity index is 2.37. The van der Waals surface area contributed by atoms with Gasteiger partial charge < -0.3 is 0 Å². The Morgan fingerprint density at radius 2 is 2.15 bits per heavy atom. The van der Waals surface area contributed by atoms with Crippen LogP contribution in [0.15, 0.2) is 24.3 Å². The van der Waals surface area contributed by atoms with Gasteiger partial charge >= 0.3 is 5.91 Å². The first-order valence-corrected chi connectivity index (χ1v) is 6.68. The molecule has 0 aliphatic carbocycles. The zero-order valence-electron chi connectivity index (χ0n) is 11.3. The number of hydrogen-bond acceptors (Lipinski definition) is 4. The SMILES string of the molecule is CCONC(=O)c1nc(CC)n(-c2ccccc2Cl)n1. The van der Waals surface area contributed by atoms with Crippen molar-refractivity contribution in [3.63, 3.8) is 0 Å². The molecule has 0 saturated carbocycles. The number of hydroxylamine groups is 1. The molecule has 20 heavy (non-hydrogen) atoms. The number of aromatic nitrogens is 3. The largest absolute Gasteiger partial charge is 0.314 e. The Morgan fingerprint density at radius 3 is 2.80 bits per heavy atom. The van der Waals surface area contributed by atoms with Gasteiger partial charge in [0.15, 0.2) is 0 Å². The van der Waals surface area contributed by atoms with E-state index >= 15 is 0 Å². The third-order valence-electron chi connectivity index (χ3n) is 2.58. The zero-order chi connectivity index (χ0) is 14.5. The fourth-order valence-corrected chi connectivity index (χ4v) is 1.88. The highest BCUT2D eigenvalue weighted by Crippen LogP contribution is 2.20. The average Bonchev–Trinajstić information content (AvgIpc) is 2.89. The lowest BCUT2D eigenvalue weighted by Crippen LogP contribution is -2.24. The predicted octanol–water partition coefficient (Wildman–Crippen LogP) is 2.16. The molecule has 0 fully saturated rings. The number of carbonyl (C=O) groups excluding carboxylic acids is 1. The van der Waals surface area contributed by atoms with E-state index in [1.807, 2.05) is 25.1 Å². The summed E-state index contributed by atoms with van der Waals surface area (Å²) in [5.74, 6) is 0.224. The average molecular weight is 295 g/mol. The molecule has 7 heteroatoms. The van der Waals surface area contributed by atoms with Crippen LogP contribution in [0.3, 0.4) is 0 Å². The Morgan fingerprint density at radius 1 is 1.40 bits per heavy atom. The number of aryl methyl sites for hydroxylation is 1. The molecule has 0 spiro atoms. The van der Waals surface area contributed by atoms with Gasteiger partial charge in [-0.05, 0) is 19.1 Å². The maximum absolute atomic E-state index is 11.8. The maximum Gasteiger partial charge on any atom is 0.314 e. The first-order chi connectivity index (χ1) is 9.67. The van der Waals surface area contributed by atoms with Crippen LogP contribution in [-0.4, -0.2) is 27.3 Å². The molecule has 6 nitrogen and oxygen atoms in total. The second kappa shape index (κ2) is 6.49. The number of hydrogen-bond donors (Lipinski definition) is 1. The first kappa shape index (κ1) is 14.5. The van der Waals surface area contributed by atoms with Crippen LogP contribution in [0.2, 0.25) is 5.02 Å². The molecule has 0 unspecified atom stereocenters. The van der Waals surface area contributed by atoms with Crippen molar-refractivity contribution in [2.24, 2.45) is 0 Å². The van der Waals surface area contributed by atoms with Gasteiger partial charge in [-0.15, -0.1) is 5.10 Å². The second-order valence-electron chi connectivity index (χ2n) is 3.93. The second-order valence-corrected chi connectivity index (χ2v) is 4.34. The molecule has 1 N–H and O–H groups in total. The molecule has 106 valence electrons. The number of para-hydroxylation sites is 1. The Labute approximate surface area is 121 Å². The number of nitrogens with zero attached hydrogens (tertiary/aromatic N) is 3. The van der Waals surface area contributed by atoms with Gasteiger partial charge in [0.1, 0.15) is 5.82 Å². The van der Waals surface area contributed by atoms with E-state index in [0.717, 1.165) is 0 Å². The van der Waals surface area contributed by atoms with Gasteiger partial charge in [0.25, 0.3) is 0 Å². The number of halogens is 1. The van der Waals surface area contributed by atoms with Crippen LogP contribution < -0.4 is 5.48 Å². The Hall–Kier alpha value is -1.92. The molecule has 1 amide bonds. The molecule has 0 bridgehead atoms. The maximum atomic E-state index is 11.8.